The second kappa shape index (κ2) is 12.9. The lowest BCUT2D eigenvalue weighted by Gasteiger charge is -2.04. The predicted molar refractivity (Wildman–Crippen MR) is 74.8 cm³/mol. The van der Waals surface area contributed by atoms with Crippen molar-refractivity contribution in [2.24, 2.45) is 5.73 Å². The molecule has 0 fully saturated rings. The van der Waals surface area contributed by atoms with E-state index in [-0.39, 0.29) is 0 Å². The highest BCUT2D eigenvalue weighted by Gasteiger charge is 1.93. The molecule has 0 amide bonds. The van der Waals surface area contributed by atoms with Crippen molar-refractivity contribution < 1.29 is 4.74 Å². The molecule has 96 valence electrons. The van der Waals surface area contributed by atoms with Crippen LogP contribution in [0.5, 0.6) is 0 Å². The summed E-state index contributed by atoms with van der Waals surface area (Å²) < 4.78 is 5.54. The Kier molecular flexibility index (Phi) is 12.8. The molecule has 0 saturated carbocycles. The van der Waals surface area contributed by atoms with Gasteiger partial charge in [0.2, 0.25) is 0 Å². The van der Waals surface area contributed by atoms with Crippen LogP contribution in [-0.2, 0) is 4.74 Å². The van der Waals surface area contributed by atoms with Crippen molar-refractivity contribution in [3.05, 3.63) is 0 Å². The van der Waals surface area contributed by atoms with E-state index in [0.29, 0.717) is 4.99 Å². The Hall–Kier alpha value is -0.150. The summed E-state index contributed by atoms with van der Waals surface area (Å²) in [7, 11) is 0. The van der Waals surface area contributed by atoms with Gasteiger partial charge in [-0.1, -0.05) is 51.2 Å². The molecule has 0 radical (unpaired) electrons. The summed E-state index contributed by atoms with van der Waals surface area (Å²) >= 11 is 4.80. The first-order valence-electron chi connectivity index (χ1n) is 6.63. The monoisotopic (exact) mass is 245 g/mol. The Morgan fingerprint density at radius 1 is 0.938 bits per heavy atom. The molecule has 0 aromatic carbocycles. The fraction of sp³-hybridized carbons (Fsp3) is 0.923. The smallest absolute Gasteiger partial charge is 0.0727 e. The normalized spacial score (nSPS) is 10.6. The fourth-order valence-electron chi connectivity index (χ4n) is 1.59. The molecule has 0 heterocycles. The van der Waals surface area contributed by atoms with Gasteiger partial charge in [0.25, 0.3) is 0 Å². The topological polar surface area (TPSA) is 35.2 Å². The zero-order valence-electron chi connectivity index (χ0n) is 10.7. The molecule has 3 heteroatoms. The van der Waals surface area contributed by atoms with Crippen LogP contribution >= 0.6 is 12.2 Å². The van der Waals surface area contributed by atoms with Crippen LogP contribution in [0.2, 0.25) is 0 Å². The van der Waals surface area contributed by atoms with Gasteiger partial charge >= 0.3 is 0 Å². The van der Waals surface area contributed by atoms with Gasteiger partial charge in [-0.25, -0.2) is 0 Å². The van der Waals surface area contributed by atoms with E-state index < -0.39 is 0 Å². The van der Waals surface area contributed by atoms with Gasteiger partial charge in [-0.15, -0.1) is 0 Å². The second-order valence-electron chi connectivity index (χ2n) is 4.30. The molecule has 0 aliphatic carbocycles. The summed E-state index contributed by atoms with van der Waals surface area (Å²) in [4.78, 5) is 0.621. The lowest BCUT2D eigenvalue weighted by atomic mass is 10.1. The zero-order valence-corrected chi connectivity index (χ0v) is 11.5. The average Bonchev–Trinajstić information content (AvgIpc) is 2.25. The number of rotatable bonds is 12. The lowest BCUT2D eigenvalue weighted by molar-refractivity contribution is 0.126. The first kappa shape index (κ1) is 15.9. The Labute approximate surface area is 106 Å². The van der Waals surface area contributed by atoms with E-state index in [2.05, 4.69) is 6.92 Å². The first-order valence-corrected chi connectivity index (χ1v) is 7.04. The van der Waals surface area contributed by atoms with Crippen LogP contribution in [0.4, 0.5) is 0 Å². The van der Waals surface area contributed by atoms with Crippen molar-refractivity contribution in [1.29, 1.82) is 0 Å². The molecule has 2 nitrogen and oxygen atoms in total. The molecule has 16 heavy (non-hydrogen) atoms. The van der Waals surface area contributed by atoms with E-state index >= 15 is 0 Å². The molecular formula is C13H27NOS. The van der Waals surface area contributed by atoms with Crippen LogP contribution < -0.4 is 5.73 Å². The van der Waals surface area contributed by atoms with Gasteiger partial charge in [-0.05, 0) is 25.7 Å². The molecule has 0 atom stereocenters. The SMILES string of the molecule is CCCCCCCCOCCCCC(N)=S. The van der Waals surface area contributed by atoms with Crippen molar-refractivity contribution in [3.63, 3.8) is 0 Å². The molecule has 0 spiro atoms. The third kappa shape index (κ3) is 13.8. The van der Waals surface area contributed by atoms with Gasteiger partial charge in [0, 0.05) is 13.2 Å². The Bertz CT molecular complexity index is 162. The van der Waals surface area contributed by atoms with Gasteiger partial charge in [0.05, 0.1) is 4.99 Å². The maximum Gasteiger partial charge on any atom is 0.0727 e. The predicted octanol–water partition coefficient (Wildman–Crippen LogP) is 3.82. The van der Waals surface area contributed by atoms with Crippen molar-refractivity contribution in [3.8, 4) is 0 Å². The van der Waals surface area contributed by atoms with Crippen molar-refractivity contribution in [2.45, 2.75) is 64.7 Å². The first-order chi connectivity index (χ1) is 7.77. The minimum atomic E-state index is 0.621. The molecule has 0 aliphatic rings. The maximum atomic E-state index is 5.54. The largest absolute Gasteiger partial charge is 0.393 e. The van der Waals surface area contributed by atoms with Crippen LogP contribution in [0.25, 0.3) is 0 Å². The third-order valence-electron chi connectivity index (χ3n) is 2.60. The number of hydrogen-bond acceptors (Lipinski definition) is 2. The summed E-state index contributed by atoms with van der Waals surface area (Å²) in [6.07, 6.45) is 10.9. The van der Waals surface area contributed by atoms with Gasteiger partial charge in [0.1, 0.15) is 0 Å². The quantitative estimate of drug-likeness (QED) is 0.419. The van der Waals surface area contributed by atoms with E-state index in [1.807, 2.05) is 0 Å². The van der Waals surface area contributed by atoms with Crippen molar-refractivity contribution in [2.75, 3.05) is 13.2 Å². The number of ether oxygens (including phenoxy) is 1. The molecular weight excluding hydrogens is 218 g/mol. The highest BCUT2D eigenvalue weighted by atomic mass is 32.1. The lowest BCUT2D eigenvalue weighted by Crippen LogP contribution is -2.07. The Morgan fingerprint density at radius 2 is 1.50 bits per heavy atom. The standard InChI is InChI=1S/C13H27NOS/c1-2-3-4-5-6-8-11-15-12-9-7-10-13(14)16/h2-12H2,1H3,(H2,14,16). The van der Waals surface area contributed by atoms with Crippen LogP contribution in [0, 0.1) is 0 Å². The maximum absolute atomic E-state index is 5.54. The van der Waals surface area contributed by atoms with E-state index in [4.69, 9.17) is 22.7 Å². The van der Waals surface area contributed by atoms with E-state index in [1.165, 1.54) is 38.5 Å². The van der Waals surface area contributed by atoms with Gasteiger partial charge in [0.15, 0.2) is 0 Å². The minimum Gasteiger partial charge on any atom is -0.393 e. The fourth-order valence-corrected chi connectivity index (χ4v) is 1.73. The highest BCUT2D eigenvalue weighted by molar-refractivity contribution is 7.80. The highest BCUT2D eigenvalue weighted by Crippen LogP contribution is 2.05. The van der Waals surface area contributed by atoms with Crippen LogP contribution in [0.15, 0.2) is 0 Å². The van der Waals surface area contributed by atoms with Crippen molar-refractivity contribution >= 4 is 17.2 Å². The molecule has 2 N–H and O–H groups in total. The summed E-state index contributed by atoms with van der Waals surface area (Å²) in [5.41, 5.74) is 5.40. The van der Waals surface area contributed by atoms with E-state index in [9.17, 15) is 0 Å². The average molecular weight is 245 g/mol. The van der Waals surface area contributed by atoms with Crippen LogP contribution in [0.3, 0.4) is 0 Å². The van der Waals surface area contributed by atoms with Gasteiger partial charge < -0.3 is 10.5 Å². The number of nitrogens with two attached hydrogens (primary N) is 1. The summed E-state index contributed by atoms with van der Waals surface area (Å²) in [5.74, 6) is 0. The third-order valence-corrected chi connectivity index (χ3v) is 2.81. The Morgan fingerprint density at radius 3 is 2.12 bits per heavy atom. The number of hydrogen-bond donors (Lipinski definition) is 1. The van der Waals surface area contributed by atoms with Crippen molar-refractivity contribution in [1.82, 2.24) is 0 Å². The Balaban J connectivity index is 2.90. The van der Waals surface area contributed by atoms with E-state index in [0.717, 1.165) is 32.5 Å². The summed E-state index contributed by atoms with van der Waals surface area (Å²) in [6.45, 7) is 4.02. The molecule has 0 unspecified atom stereocenters. The molecule has 0 rings (SSSR count). The minimum absolute atomic E-state index is 0.621. The zero-order chi connectivity index (χ0) is 12.1. The van der Waals surface area contributed by atoms with E-state index in [1.54, 1.807) is 0 Å². The van der Waals surface area contributed by atoms with Gasteiger partial charge in [-0.2, -0.15) is 0 Å². The molecule has 0 aromatic rings. The summed E-state index contributed by atoms with van der Waals surface area (Å²) in [6, 6.07) is 0. The molecule has 0 aromatic heterocycles. The van der Waals surface area contributed by atoms with Crippen LogP contribution in [0.1, 0.15) is 64.7 Å². The number of unbranched alkanes of at least 4 members (excludes halogenated alkanes) is 6. The molecule has 0 aliphatic heterocycles. The van der Waals surface area contributed by atoms with Gasteiger partial charge in [-0.3, -0.25) is 0 Å². The second-order valence-corrected chi connectivity index (χ2v) is 4.83. The number of thiocarbonyl (C=S) groups is 1. The summed E-state index contributed by atoms with van der Waals surface area (Å²) in [5, 5.41) is 0. The molecule has 0 saturated heterocycles. The molecule has 0 bridgehead atoms. The van der Waals surface area contributed by atoms with Crippen LogP contribution in [-0.4, -0.2) is 18.2 Å².